The number of carbonyl (C=O) groups excluding carboxylic acids is 1. The molecule has 0 aliphatic heterocycles. The van der Waals surface area contributed by atoms with Crippen LogP contribution < -0.4 is 10.1 Å². The molecule has 1 aromatic carbocycles. The SMILES string of the molecule is [C-]#[N+]c1cc(OC)c2nc(NC(=O)CC(C)(C)C(F)(F)F)n(C3(C)CCC3)c2c1. The number of hydrogen-bond donors (Lipinski definition) is 1. The zero-order chi connectivity index (χ0) is 21.6. The second-order valence-corrected chi connectivity index (χ2v) is 8.36. The van der Waals surface area contributed by atoms with Gasteiger partial charge in [0.15, 0.2) is 5.69 Å². The summed E-state index contributed by atoms with van der Waals surface area (Å²) < 4.78 is 46.7. The maximum Gasteiger partial charge on any atom is 0.394 e. The van der Waals surface area contributed by atoms with Gasteiger partial charge in [0.1, 0.15) is 11.3 Å². The minimum absolute atomic E-state index is 0.172. The topological polar surface area (TPSA) is 60.5 Å². The van der Waals surface area contributed by atoms with Gasteiger partial charge in [-0.1, -0.05) is 13.8 Å². The lowest BCUT2D eigenvalue weighted by Crippen LogP contribution is -2.39. The van der Waals surface area contributed by atoms with Crippen LogP contribution >= 0.6 is 0 Å². The first-order valence-corrected chi connectivity index (χ1v) is 9.27. The molecular formula is C20H23F3N4O2. The number of amides is 1. The van der Waals surface area contributed by atoms with Gasteiger partial charge in [-0.15, -0.1) is 0 Å². The number of ether oxygens (including phenoxy) is 1. The molecule has 0 spiro atoms. The van der Waals surface area contributed by atoms with Gasteiger partial charge in [-0.2, -0.15) is 13.2 Å². The average molecular weight is 408 g/mol. The molecule has 156 valence electrons. The van der Waals surface area contributed by atoms with Crippen LogP contribution in [-0.2, 0) is 10.3 Å². The first-order chi connectivity index (χ1) is 13.4. The molecule has 1 aromatic heterocycles. The highest BCUT2D eigenvalue weighted by Gasteiger charge is 2.48. The number of nitrogens with zero attached hydrogens (tertiary/aromatic N) is 3. The Hall–Kier alpha value is -2.76. The average Bonchev–Trinajstić information content (AvgIpc) is 2.95. The number of imidazole rings is 1. The van der Waals surface area contributed by atoms with Crippen molar-refractivity contribution in [2.75, 3.05) is 12.4 Å². The minimum atomic E-state index is -4.50. The second kappa shape index (κ2) is 6.94. The van der Waals surface area contributed by atoms with E-state index in [-0.39, 0.29) is 11.5 Å². The highest BCUT2D eigenvalue weighted by Crippen LogP contribution is 2.45. The molecule has 9 heteroatoms. The van der Waals surface area contributed by atoms with Crippen molar-refractivity contribution in [3.8, 4) is 5.75 Å². The molecule has 1 N–H and O–H groups in total. The van der Waals surface area contributed by atoms with Gasteiger partial charge < -0.3 is 9.30 Å². The molecule has 0 saturated heterocycles. The summed E-state index contributed by atoms with van der Waals surface area (Å²) in [5.41, 5.74) is -1.08. The number of benzene rings is 1. The number of halogens is 3. The molecule has 1 fully saturated rings. The van der Waals surface area contributed by atoms with E-state index in [0.29, 0.717) is 22.5 Å². The van der Waals surface area contributed by atoms with Crippen LogP contribution in [0.25, 0.3) is 15.9 Å². The van der Waals surface area contributed by atoms with E-state index in [1.807, 2.05) is 11.5 Å². The highest BCUT2D eigenvalue weighted by molar-refractivity contribution is 5.94. The fourth-order valence-corrected chi connectivity index (χ4v) is 3.56. The molecule has 3 rings (SSSR count). The Balaban J connectivity index is 2.07. The normalized spacial score (nSPS) is 16.2. The minimum Gasteiger partial charge on any atom is -0.496 e. The van der Waals surface area contributed by atoms with E-state index in [9.17, 15) is 18.0 Å². The van der Waals surface area contributed by atoms with E-state index in [4.69, 9.17) is 11.3 Å². The molecule has 0 unspecified atom stereocenters. The number of anilines is 1. The fourth-order valence-electron chi connectivity index (χ4n) is 3.56. The van der Waals surface area contributed by atoms with Crippen LogP contribution in [0.5, 0.6) is 5.75 Å². The van der Waals surface area contributed by atoms with Crippen LogP contribution in [0, 0.1) is 12.0 Å². The third-order valence-corrected chi connectivity index (χ3v) is 5.65. The van der Waals surface area contributed by atoms with E-state index in [0.717, 1.165) is 33.1 Å². The fraction of sp³-hybridized carbons (Fsp3) is 0.550. The summed E-state index contributed by atoms with van der Waals surface area (Å²) in [7, 11) is 1.46. The van der Waals surface area contributed by atoms with Gasteiger partial charge in [0.25, 0.3) is 0 Å². The van der Waals surface area contributed by atoms with Crippen LogP contribution in [0.2, 0.25) is 0 Å². The third-order valence-electron chi connectivity index (χ3n) is 5.65. The number of rotatable bonds is 5. The Morgan fingerprint density at radius 3 is 2.52 bits per heavy atom. The van der Waals surface area contributed by atoms with E-state index in [1.54, 1.807) is 12.1 Å². The Kier molecular flexibility index (Phi) is 5.01. The van der Waals surface area contributed by atoms with E-state index >= 15 is 0 Å². The zero-order valence-corrected chi connectivity index (χ0v) is 16.8. The number of carbonyl (C=O) groups is 1. The lowest BCUT2D eigenvalue weighted by Gasteiger charge is -2.41. The van der Waals surface area contributed by atoms with Crippen molar-refractivity contribution in [2.24, 2.45) is 5.41 Å². The Morgan fingerprint density at radius 1 is 1.38 bits per heavy atom. The van der Waals surface area contributed by atoms with Gasteiger partial charge in [0.2, 0.25) is 11.9 Å². The summed E-state index contributed by atoms with van der Waals surface area (Å²) in [6.07, 6.45) is -2.57. The zero-order valence-electron chi connectivity index (χ0n) is 16.8. The maximum atomic E-state index is 13.2. The third kappa shape index (κ3) is 3.63. The smallest absolute Gasteiger partial charge is 0.394 e. The largest absolute Gasteiger partial charge is 0.496 e. The molecule has 0 atom stereocenters. The van der Waals surface area contributed by atoms with Crippen LogP contribution in [0.15, 0.2) is 12.1 Å². The van der Waals surface area contributed by atoms with E-state index in [2.05, 4.69) is 15.1 Å². The van der Waals surface area contributed by atoms with Gasteiger partial charge >= 0.3 is 6.18 Å². The molecule has 1 heterocycles. The monoisotopic (exact) mass is 408 g/mol. The first kappa shape index (κ1) is 21.0. The maximum absolute atomic E-state index is 13.2. The molecule has 6 nitrogen and oxygen atoms in total. The van der Waals surface area contributed by atoms with Crippen LogP contribution in [-0.4, -0.2) is 28.7 Å². The van der Waals surface area contributed by atoms with Crippen molar-refractivity contribution in [1.82, 2.24) is 9.55 Å². The molecule has 0 bridgehead atoms. The van der Waals surface area contributed by atoms with Crippen LogP contribution in [0.4, 0.5) is 24.8 Å². The van der Waals surface area contributed by atoms with Gasteiger partial charge in [-0.25, -0.2) is 9.83 Å². The lowest BCUT2D eigenvalue weighted by atomic mass is 9.78. The van der Waals surface area contributed by atoms with Gasteiger partial charge in [-0.3, -0.25) is 10.1 Å². The lowest BCUT2D eigenvalue weighted by molar-refractivity contribution is -0.213. The van der Waals surface area contributed by atoms with Crippen molar-refractivity contribution in [1.29, 1.82) is 0 Å². The van der Waals surface area contributed by atoms with Gasteiger partial charge in [0.05, 0.1) is 24.6 Å². The predicted molar refractivity (Wildman–Crippen MR) is 103 cm³/mol. The molecular weight excluding hydrogens is 385 g/mol. The molecule has 2 aromatic rings. The van der Waals surface area contributed by atoms with Gasteiger partial charge in [-0.05, 0) is 38.3 Å². The summed E-state index contributed by atoms with van der Waals surface area (Å²) in [4.78, 5) is 20.4. The molecule has 1 saturated carbocycles. The summed E-state index contributed by atoms with van der Waals surface area (Å²) in [6.45, 7) is 11.3. The van der Waals surface area contributed by atoms with E-state index < -0.39 is 23.9 Å². The van der Waals surface area contributed by atoms with Crippen molar-refractivity contribution in [3.05, 3.63) is 23.5 Å². The summed E-state index contributed by atoms with van der Waals surface area (Å²) in [6, 6.07) is 3.21. The number of hydrogen-bond acceptors (Lipinski definition) is 3. The molecule has 0 radical (unpaired) electrons. The standard InChI is InChI=1S/C20H23F3N4O2/c1-18(2,20(21,22)23)11-15(28)25-17-26-16-13(27(17)19(3)7-6-8-19)9-12(24-4)10-14(16)29-5/h9-10H,6-8,11H2,1-3,5H3,(H,25,26,28). The highest BCUT2D eigenvalue weighted by atomic mass is 19.4. The Labute approximate surface area is 166 Å². The number of alkyl halides is 3. The summed E-state index contributed by atoms with van der Waals surface area (Å²) in [5, 5.41) is 2.57. The number of methoxy groups -OCH3 is 1. The number of nitrogens with one attached hydrogen (secondary N) is 1. The summed E-state index contributed by atoms with van der Waals surface area (Å²) in [5.74, 6) is -0.219. The van der Waals surface area contributed by atoms with Crippen molar-refractivity contribution in [2.45, 2.75) is 58.2 Å². The van der Waals surface area contributed by atoms with Crippen molar-refractivity contribution >= 4 is 28.6 Å². The van der Waals surface area contributed by atoms with Crippen molar-refractivity contribution in [3.63, 3.8) is 0 Å². The van der Waals surface area contributed by atoms with Gasteiger partial charge in [0, 0.05) is 12.0 Å². The first-order valence-electron chi connectivity index (χ1n) is 9.27. The van der Waals surface area contributed by atoms with Crippen molar-refractivity contribution < 1.29 is 22.7 Å². The summed E-state index contributed by atoms with van der Waals surface area (Å²) >= 11 is 0. The van der Waals surface area contributed by atoms with Crippen LogP contribution in [0.3, 0.4) is 0 Å². The second-order valence-electron chi connectivity index (χ2n) is 8.36. The van der Waals surface area contributed by atoms with Crippen LogP contribution in [0.1, 0.15) is 46.5 Å². The molecule has 29 heavy (non-hydrogen) atoms. The predicted octanol–water partition coefficient (Wildman–Crippen LogP) is 5.41. The van der Waals surface area contributed by atoms with E-state index in [1.165, 1.54) is 7.11 Å². The molecule has 1 aliphatic rings. The molecule has 1 amide bonds. The Bertz CT molecular complexity index is 998. The number of aromatic nitrogens is 2. The quantitative estimate of drug-likeness (QED) is 0.673. The number of fused-ring (bicyclic) bond motifs is 1. The Morgan fingerprint density at radius 2 is 2.03 bits per heavy atom. The molecule has 1 aliphatic carbocycles.